The van der Waals surface area contributed by atoms with Gasteiger partial charge in [-0.2, -0.15) is 0 Å². The summed E-state index contributed by atoms with van der Waals surface area (Å²) in [6, 6.07) is 2.49. The first kappa shape index (κ1) is 12.1. The molecule has 1 heterocycles. The summed E-state index contributed by atoms with van der Waals surface area (Å²) in [5, 5.41) is 0. The fraction of sp³-hybridized carbons (Fsp3) is 0.500. The van der Waals surface area contributed by atoms with Gasteiger partial charge in [0, 0.05) is 6.54 Å². The fourth-order valence-electron chi connectivity index (χ4n) is 2.13. The Morgan fingerprint density at radius 1 is 1.47 bits per heavy atom. The van der Waals surface area contributed by atoms with Crippen LogP contribution in [0.4, 0.5) is 20.2 Å². The van der Waals surface area contributed by atoms with Crippen LogP contribution in [0.3, 0.4) is 0 Å². The van der Waals surface area contributed by atoms with Crippen molar-refractivity contribution in [2.24, 2.45) is 0 Å². The van der Waals surface area contributed by atoms with E-state index >= 15 is 0 Å². The number of benzene rings is 1. The Morgan fingerprint density at radius 3 is 2.94 bits per heavy atom. The molecule has 1 aliphatic heterocycles. The van der Waals surface area contributed by atoms with Crippen molar-refractivity contribution >= 4 is 11.4 Å². The lowest BCUT2D eigenvalue weighted by atomic mass is 10.1. The van der Waals surface area contributed by atoms with Gasteiger partial charge in [-0.15, -0.1) is 0 Å². The van der Waals surface area contributed by atoms with Gasteiger partial charge in [-0.1, -0.05) is 6.92 Å². The number of nitrogens with two attached hydrogens (primary N) is 1. The van der Waals surface area contributed by atoms with Crippen molar-refractivity contribution in [2.45, 2.75) is 19.4 Å². The van der Waals surface area contributed by atoms with E-state index in [0.29, 0.717) is 19.8 Å². The summed E-state index contributed by atoms with van der Waals surface area (Å²) in [6.07, 6.45) is 0.801. The highest BCUT2D eigenvalue weighted by molar-refractivity contribution is 5.69. The molecule has 1 aromatic carbocycles. The van der Waals surface area contributed by atoms with E-state index in [0.717, 1.165) is 12.5 Å². The Morgan fingerprint density at radius 2 is 2.24 bits per heavy atom. The van der Waals surface area contributed by atoms with Crippen molar-refractivity contribution in [1.29, 1.82) is 0 Å². The average Bonchev–Trinajstić information content (AvgIpc) is 2.35. The van der Waals surface area contributed by atoms with Crippen LogP contribution in [0.5, 0.6) is 0 Å². The first-order valence-electron chi connectivity index (χ1n) is 5.73. The van der Waals surface area contributed by atoms with E-state index in [2.05, 4.69) is 0 Å². The lowest BCUT2D eigenvalue weighted by molar-refractivity contribution is 0.0926. The summed E-state index contributed by atoms with van der Waals surface area (Å²) < 4.78 is 32.4. The van der Waals surface area contributed by atoms with E-state index in [1.807, 2.05) is 6.92 Å². The van der Waals surface area contributed by atoms with Crippen LogP contribution in [0, 0.1) is 11.6 Å². The number of nitrogens with zero attached hydrogens (tertiary/aromatic N) is 1. The van der Waals surface area contributed by atoms with Gasteiger partial charge in [-0.25, -0.2) is 8.78 Å². The summed E-state index contributed by atoms with van der Waals surface area (Å²) in [6.45, 7) is 3.54. The molecule has 0 aliphatic carbocycles. The van der Waals surface area contributed by atoms with Crippen molar-refractivity contribution in [2.75, 3.05) is 30.4 Å². The van der Waals surface area contributed by atoms with E-state index in [1.165, 1.54) is 6.07 Å². The summed E-state index contributed by atoms with van der Waals surface area (Å²) in [5.41, 5.74) is 6.18. The molecule has 1 aliphatic rings. The lowest BCUT2D eigenvalue weighted by Crippen LogP contribution is -2.46. The molecule has 0 radical (unpaired) electrons. The monoisotopic (exact) mass is 242 g/mol. The second-order valence-corrected chi connectivity index (χ2v) is 4.13. The highest BCUT2D eigenvalue weighted by Gasteiger charge is 2.27. The number of anilines is 2. The third-order valence-corrected chi connectivity index (χ3v) is 3.09. The minimum absolute atomic E-state index is 0.0438. The Bertz CT molecular complexity index is 412. The second-order valence-electron chi connectivity index (χ2n) is 4.13. The third kappa shape index (κ3) is 2.20. The molecule has 17 heavy (non-hydrogen) atoms. The predicted octanol–water partition coefficient (Wildman–Crippen LogP) is 2.16. The minimum atomic E-state index is -0.870. The molecule has 0 bridgehead atoms. The zero-order chi connectivity index (χ0) is 12.4. The van der Waals surface area contributed by atoms with E-state index < -0.39 is 11.6 Å². The molecule has 1 unspecified atom stereocenters. The SMILES string of the molecule is CCC1COCCN1c1c(N)ccc(F)c1F. The van der Waals surface area contributed by atoms with Gasteiger partial charge >= 0.3 is 0 Å². The molecule has 0 amide bonds. The first-order valence-corrected chi connectivity index (χ1v) is 5.73. The van der Waals surface area contributed by atoms with Crippen LogP contribution < -0.4 is 10.6 Å². The standard InChI is InChI=1S/C12H16F2N2O/c1-2-8-7-17-6-5-16(8)12-10(15)4-3-9(13)11(12)14/h3-4,8H,2,5-7,15H2,1H3. The molecule has 1 aromatic rings. The van der Waals surface area contributed by atoms with Crippen LogP contribution in [0.2, 0.25) is 0 Å². The van der Waals surface area contributed by atoms with Crippen molar-refractivity contribution in [3.05, 3.63) is 23.8 Å². The molecule has 0 spiro atoms. The molecular formula is C12H16F2N2O. The van der Waals surface area contributed by atoms with Crippen molar-refractivity contribution in [1.82, 2.24) is 0 Å². The van der Waals surface area contributed by atoms with Crippen LogP contribution in [0.25, 0.3) is 0 Å². The maximum Gasteiger partial charge on any atom is 0.184 e. The summed E-state index contributed by atoms with van der Waals surface area (Å²) in [4.78, 5) is 1.80. The highest BCUT2D eigenvalue weighted by atomic mass is 19.2. The third-order valence-electron chi connectivity index (χ3n) is 3.09. The number of ether oxygens (including phenoxy) is 1. The number of morpholine rings is 1. The number of halogens is 2. The van der Waals surface area contributed by atoms with Crippen molar-refractivity contribution in [3.63, 3.8) is 0 Å². The van der Waals surface area contributed by atoms with Crippen LogP contribution in [-0.2, 0) is 4.74 Å². The second kappa shape index (κ2) is 4.87. The first-order chi connectivity index (χ1) is 8.15. The molecule has 3 nitrogen and oxygen atoms in total. The van der Waals surface area contributed by atoms with Crippen LogP contribution >= 0.6 is 0 Å². The van der Waals surface area contributed by atoms with Crippen LogP contribution in [0.15, 0.2) is 12.1 Å². The molecule has 0 aromatic heterocycles. The summed E-state index contributed by atoms with van der Waals surface area (Å²) in [5.74, 6) is -1.74. The quantitative estimate of drug-likeness (QED) is 0.808. The number of rotatable bonds is 2. The Balaban J connectivity index is 2.41. The highest BCUT2D eigenvalue weighted by Crippen LogP contribution is 2.31. The normalized spacial score (nSPS) is 20.6. The molecule has 0 saturated carbocycles. The number of hydrogen-bond acceptors (Lipinski definition) is 3. The van der Waals surface area contributed by atoms with E-state index in [-0.39, 0.29) is 17.4 Å². The van der Waals surface area contributed by atoms with Gasteiger partial charge in [-0.3, -0.25) is 0 Å². The summed E-state index contributed by atoms with van der Waals surface area (Å²) >= 11 is 0. The van der Waals surface area contributed by atoms with E-state index in [1.54, 1.807) is 4.90 Å². The zero-order valence-electron chi connectivity index (χ0n) is 9.75. The summed E-state index contributed by atoms with van der Waals surface area (Å²) in [7, 11) is 0. The minimum Gasteiger partial charge on any atom is -0.397 e. The zero-order valence-corrected chi connectivity index (χ0v) is 9.75. The molecular weight excluding hydrogens is 226 g/mol. The average molecular weight is 242 g/mol. The predicted molar refractivity (Wildman–Crippen MR) is 63.0 cm³/mol. The van der Waals surface area contributed by atoms with E-state index in [9.17, 15) is 8.78 Å². The van der Waals surface area contributed by atoms with Gasteiger partial charge in [0.2, 0.25) is 0 Å². The Hall–Kier alpha value is -1.36. The van der Waals surface area contributed by atoms with Gasteiger partial charge in [0.15, 0.2) is 11.6 Å². The largest absolute Gasteiger partial charge is 0.397 e. The topological polar surface area (TPSA) is 38.5 Å². The molecule has 1 fully saturated rings. The van der Waals surface area contributed by atoms with E-state index in [4.69, 9.17) is 10.5 Å². The molecule has 1 saturated heterocycles. The maximum atomic E-state index is 13.8. The lowest BCUT2D eigenvalue weighted by Gasteiger charge is -2.37. The van der Waals surface area contributed by atoms with Crippen molar-refractivity contribution in [3.8, 4) is 0 Å². The van der Waals surface area contributed by atoms with Crippen molar-refractivity contribution < 1.29 is 13.5 Å². The van der Waals surface area contributed by atoms with Gasteiger partial charge in [0.1, 0.15) is 0 Å². The molecule has 94 valence electrons. The van der Waals surface area contributed by atoms with Gasteiger partial charge < -0.3 is 15.4 Å². The number of hydrogen-bond donors (Lipinski definition) is 1. The molecule has 1 atom stereocenters. The van der Waals surface area contributed by atoms with Gasteiger partial charge in [-0.05, 0) is 18.6 Å². The smallest absolute Gasteiger partial charge is 0.184 e. The maximum absolute atomic E-state index is 13.8. The Labute approximate surface area is 99.2 Å². The fourth-order valence-corrected chi connectivity index (χ4v) is 2.13. The van der Waals surface area contributed by atoms with Crippen LogP contribution in [-0.4, -0.2) is 25.8 Å². The molecule has 2 rings (SSSR count). The Kier molecular flexibility index (Phi) is 3.47. The molecule has 5 heteroatoms. The number of nitrogen functional groups attached to an aromatic ring is 1. The van der Waals surface area contributed by atoms with Gasteiger partial charge in [0.05, 0.1) is 30.6 Å². The van der Waals surface area contributed by atoms with Gasteiger partial charge in [0.25, 0.3) is 0 Å². The molecule has 2 N–H and O–H groups in total. The van der Waals surface area contributed by atoms with Crippen LogP contribution in [0.1, 0.15) is 13.3 Å².